The predicted octanol–water partition coefficient (Wildman–Crippen LogP) is 11.0. The zero-order valence-electron chi connectivity index (χ0n) is 22.7. The third-order valence-electron chi connectivity index (χ3n) is 8.38. The highest BCUT2D eigenvalue weighted by molar-refractivity contribution is 7.27. The molecular formula is C39H24N2S. The van der Waals surface area contributed by atoms with Crippen LogP contribution in [0.15, 0.2) is 146 Å². The number of hydrogen-bond donors (Lipinski definition) is 0. The fourth-order valence-electron chi connectivity index (χ4n) is 6.51. The number of pyridine rings is 1. The molecule has 0 amide bonds. The lowest BCUT2D eigenvalue weighted by Gasteiger charge is -2.11. The van der Waals surface area contributed by atoms with E-state index in [2.05, 4.69) is 150 Å². The Kier molecular flexibility index (Phi) is 5.10. The molecule has 0 unspecified atom stereocenters. The van der Waals surface area contributed by atoms with Crippen molar-refractivity contribution in [2.45, 2.75) is 0 Å². The zero-order chi connectivity index (χ0) is 27.6. The summed E-state index contributed by atoms with van der Waals surface area (Å²) >= 11 is 1.89. The van der Waals surface area contributed by atoms with E-state index in [9.17, 15) is 0 Å². The van der Waals surface area contributed by atoms with Crippen molar-refractivity contribution in [2.24, 2.45) is 0 Å². The molecule has 0 aliphatic heterocycles. The Morgan fingerprint density at radius 3 is 2.05 bits per heavy atom. The van der Waals surface area contributed by atoms with E-state index in [-0.39, 0.29) is 0 Å². The first-order chi connectivity index (χ1) is 20.8. The molecule has 3 aromatic heterocycles. The van der Waals surface area contributed by atoms with E-state index < -0.39 is 0 Å². The van der Waals surface area contributed by atoms with Crippen LogP contribution in [0, 0.1) is 0 Å². The monoisotopic (exact) mass is 552 g/mol. The minimum atomic E-state index is 0.996. The van der Waals surface area contributed by atoms with E-state index in [0.29, 0.717) is 0 Å². The molecule has 6 aromatic carbocycles. The molecule has 9 aromatic rings. The Balaban J connectivity index is 1.38. The van der Waals surface area contributed by atoms with E-state index in [1.807, 2.05) is 11.3 Å². The summed E-state index contributed by atoms with van der Waals surface area (Å²) in [4.78, 5) is 5.32. The minimum absolute atomic E-state index is 0.996. The Labute approximate surface area is 246 Å². The molecule has 196 valence electrons. The number of thiophene rings is 1. The number of rotatable bonds is 3. The maximum atomic E-state index is 5.32. The first kappa shape index (κ1) is 23.5. The van der Waals surface area contributed by atoms with Gasteiger partial charge in [0.25, 0.3) is 0 Å². The van der Waals surface area contributed by atoms with Gasteiger partial charge in [-0.2, -0.15) is 0 Å². The Hall–Kier alpha value is -5.25. The number of hydrogen-bond acceptors (Lipinski definition) is 2. The first-order valence-corrected chi connectivity index (χ1v) is 15.1. The quantitative estimate of drug-likeness (QED) is 0.213. The number of aromatic nitrogens is 2. The second-order valence-corrected chi connectivity index (χ2v) is 11.8. The van der Waals surface area contributed by atoms with Gasteiger partial charge in [0.05, 0.1) is 22.4 Å². The second-order valence-electron chi connectivity index (χ2n) is 10.8. The van der Waals surface area contributed by atoms with Crippen molar-refractivity contribution in [1.82, 2.24) is 9.55 Å². The Morgan fingerprint density at radius 2 is 1.19 bits per heavy atom. The molecule has 0 atom stereocenters. The molecule has 0 spiro atoms. The lowest BCUT2D eigenvalue weighted by molar-refractivity contribution is 1.18. The summed E-state index contributed by atoms with van der Waals surface area (Å²) in [6, 6.07) is 52.1. The van der Waals surface area contributed by atoms with Crippen molar-refractivity contribution >= 4 is 64.1 Å². The summed E-state index contributed by atoms with van der Waals surface area (Å²) in [6.07, 6.45) is 0. The highest BCUT2D eigenvalue weighted by atomic mass is 32.1. The molecule has 0 bridgehead atoms. The van der Waals surface area contributed by atoms with Gasteiger partial charge in [-0.15, -0.1) is 11.3 Å². The molecule has 0 aliphatic rings. The van der Waals surface area contributed by atoms with Crippen LogP contribution in [0.4, 0.5) is 0 Å². The van der Waals surface area contributed by atoms with Crippen LogP contribution in [0.25, 0.3) is 81.0 Å². The van der Waals surface area contributed by atoms with E-state index in [4.69, 9.17) is 4.98 Å². The fourth-order valence-corrected chi connectivity index (χ4v) is 7.88. The normalized spacial score (nSPS) is 11.8. The van der Waals surface area contributed by atoms with Crippen molar-refractivity contribution in [3.05, 3.63) is 146 Å². The molecule has 3 heterocycles. The third kappa shape index (κ3) is 3.41. The smallest absolute Gasteiger partial charge is 0.0802 e. The van der Waals surface area contributed by atoms with Crippen molar-refractivity contribution in [3.8, 4) is 28.2 Å². The lowest BCUT2D eigenvalue weighted by atomic mass is 9.99. The van der Waals surface area contributed by atoms with E-state index >= 15 is 0 Å². The SMILES string of the molecule is c1ccc(-c2cc3ccccc3c(-c3cccc4c3sc3c4ccc4c3c3ccccc3n4-c3ccccc3)n2)cc1. The van der Waals surface area contributed by atoms with Crippen LogP contribution < -0.4 is 0 Å². The van der Waals surface area contributed by atoms with Crippen LogP contribution in [0.5, 0.6) is 0 Å². The van der Waals surface area contributed by atoms with E-state index in [1.165, 1.54) is 64.0 Å². The van der Waals surface area contributed by atoms with Gasteiger partial charge in [-0.05, 0) is 35.7 Å². The van der Waals surface area contributed by atoms with Crippen LogP contribution >= 0.6 is 11.3 Å². The lowest BCUT2D eigenvalue weighted by Crippen LogP contribution is -1.92. The van der Waals surface area contributed by atoms with Gasteiger partial charge in [-0.3, -0.25) is 0 Å². The third-order valence-corrected chi connectivity index (χ3v) is 9.65. The molecule has 0 aliphatic carbocycles. The Bertz CT molecular complexity index is 2450. The molecule has 42 heavy (non-hydrogen) atoms. The number of nitrogens with zero attached hydrogens (tertiary/aromatic N) is 2. The molecule has 0 N–H and O–H groups in total. The van der Waals surface area contributed by atoms with Crippen LogP contribution in [0.1, 0.15) is 0 Å². The van der Waals surface area contributed by atoms with Crippen molar-refractivity contribution in [1.29, 1.82) is 0 Å². The average Bonchev–Trinajstić information content (AvgIpc) is 3.61. The standard InChI is InChI=1S/C39H24N2S/c1-3-12-25(13-4-1)33-24-26-14-7-8-17-28(26)37(40-33)32-20-11-19-29-30-22-23-35-36(39(30)42-38(29)32)31-18-9-10-21-34(31)41(35)27-15-5-2-6-16-27/h1-24H. The van der Waals surface area contributed by atoms with Gasteiger partial charge >= 0.3 is 0 Å². The van der Waals surface area contributed by atoms with E-state index in [0.717, 1.165) is 17.0 Å². The van der Waals surface area contributed by atoms with Gasteiger partial charge in [0.2, 0.25) is 0 Å². The van der Waals surface area contributed by atoms with Gasteiger partial charge in [0.15, 0.2) is 0 Å². The van der Waals surface area contributed by atoms with Crippen molar-refractivity contribution in [2.75, 3.05) is 0 Å². The molecule has 2 nitrogen and oxygen atoms in total. The van der Waals surface area contributed by atoms with Gasteiger partial charge < -0.3 is 4.57 Å². The molecule has 0 radical (unpaired) electrons. The fraction of sp³-hybridized carbons (Fsp3) is 0. The highest BCUT2D eigenvalue weighted by Gasteiger charge is 2.20. The summed E-state index contributed by atoms with van der Waals surface area (Å²) in [5.41, 5.74) is 7.98. The summed E-state index contributed by atoms with van der Waals surface area (Å²) < 4.78 is 5.00. The van der Waals surface area contributed by atoms with Gasteiger partial charge in [0.1, 0.15) is 0 Å². The van der Waals surface area contributed by atoms with Gasteiger partial charge in [0, 0.05) is 53.1 Å². The number of benzene rings is 6. The van der Waals surface area contributed by atoms with E-state index in [1.54, 1.807) is 0 Å². The van der Waals surface area contributed by atoms with Crippen LogP contribution in [0.2, 0.25) is 0 Å². The van der Waals surface area contributed by atoms with Gasteiger partial charge in [-0.1, -0.05) is 115 Å². The highest BCUT2D eigenvalue weighted by Crippen LogP contribution is 2.46. The Morgan fingerprint density at radius 1 is 0.500 bits per heavy atom. The number of para-hydroxylation sites is 2. The molecule has 0 saturated heterocycles. The van der Waals surface area contributed by atoms with Gasteiger partial charge in [-0.25, -0.2) is 4.98 Å². The first-order valence-electron chi connectivity index (χ1n) is 14.2. The summed E-state index contributed by atoms with van der Waals surface area (Å²) in [5, 5.41) is 7.55. The van der Waals surface area contributed by atoms with Crippen molar-refractivity contribution in [3.63, 3.8) is 0 Å². The largest absolute Gasteiger partial charge is 0.309 e. The maximum Gasteiger partial charge on any atom is 0.0802 e. The topological polar surface area (TPSA) is 17.8 Å². The van der Waals surface area contributed by atoms with Crippen LogP contribution in [-0.2, 0) is 0 Å². The summed E-state index contributed by atoms with van der Waals surface area (Å²) in [6.45, 7) is 0. The average molecular weight is 553 g/mol. The summed E-state index contributed by atoms with van der Waals surface area (Å²) in [5.74, 6) is 0. The van der Waals surface area contributed by atoms with Crippen LogP contribution in [0.3, 0.4) is 0 Å². The number of fused-ring (bicyclic) bond motifs is 8. The maximum absolute atomic E-state index is 5.32. The molecule has 9 rings (SSSR count). The predicted molar refractivity (Wildman–Crippen MR) is 180 cm³/mol. The molecule has 0 saturated carbocycles. The van der Waals surface area contributed by atoms with Crippen LogP contribution in [-0.4, -0.2) is 9.55 Å². The molecular weight excluding hydrogens is 529 g/mol. The minimum Gasteiger partial charge on any atom is -0.309 e. The zero-order valence-corrected chi connectivity index (χ0v) is 23.5. The second kappa shape index (κ2) is 9.13. The van der Waals surface area contributed by atoms with Crippen molar-refractivity contribution < 1.29 is 0 Å². The summed E-state index contributed by atoms with van der Waals surface area (Å²) in [7, 11) is 0. The molecule has 3 heteroatoms. The molecule has 0 fully saturated rings.